The fourth-order valence-corrected chi connectivity index (χ4v) is 3.10. The van der Waals surface area contributed by atoms with E-state index in [-0.39, 0.29) is 5.91 Å². The van der Waals surface area contributed by atoms with E-state index in [4.69, 9.17) is 11.6 Å². The van der Waals surface area contributed by atoms with Crippen molar-refractivity contribution in [2.45, 2.75) is 24.2 Å². The van der Waals surface area contributed by atoms with Crippen molar-refractivity contribution in [3.8, 4) is 0 Å². The topological polar surface area (TPSA) is 41.1 Å². The van der Waals surface area contributed by atoms with E-state index >= 15 is 0 Å². The molecule has 0 aliphatic carbocycles. The molecule has 1 aliphatic heterocycles. The Balaban J connectivity index is 1.84. The number of carbonyl (C=O) groups is 1. The van der Waals surface area contributed by atoms with Crippen LogP contribution < -0.4 is 10.6 Å². The normalized spacial score (nSPS) is 18.8. The third kappa shape index (κ3) is 4.40. The van der Waals surface area contributed by atoms with Crippen LogP contribution in [0.5, 0.6) is 0 Å². The first-order valence-electron chi connectivity index (χ1n) is 7.03. The van der Waals surface area contributed by atoms with Gasteiger partial charge in [0.2, 0.25) is 0 Å². The van der Waals surface area contributed by atoms with Crippen molar-refractivity contribution >= 4 is 29.3 Å². The van der Waals surface area contributed by atoms with Crippen LogP contribution in [0.4, 0.5) is 0 Å². The third-order valence-corrected chi connectivity index (χ3v) is 4.71. The van der Waals surface area contributed by atoms with E-state index in [2.05, 4.69) is 10.6 Å². The molecular weight excluding hydrogens is 292 g/mol. The van der Waals surface area contributed by atoms with Crippen LogP contribution >= 0.6 is 23.4 Å². The highest BCUT2D eigenvalue weighted by molar-refractivity contribution is 7.98. The molecule has 1 amide bonds. The molecule has 2 N–H and O–H groups in total. The number of nitrogens with one attached hydrogen (secondary N) is 2. The van der Waals surface area contributed by atoms with Gasteiger partial charge in [0.05, 0.1) is 10.6 Å². The average Bonchev–Trinajstić information content (AvgIpc) is 2.48. The monoisotopic (exact) mass is 312 g/mol. The molecule has 110 valence electrons. The van der Waals surface area contributed by atoms with Gasteiger partial charge in [-0.05, 0) is 62.7 Å². The third-order valence-electron chi connectivity index (χ3n) is 3.66. The zero-order valence-electron chi connectivity index (χ0n) is 11.7. The molecule has 3 nitrogen and oxygen atoms in total. The molecule has 5 heteroatoms. The van der Waals surface area contributed by atoms with Gasteiger partial charge in [-0.1, -0.05) is 11.6 Å². The number of thioether (sulfide) groups is 1. The zero-order chi connectivity index (χ0) is 14.4. The van der Waals surface area contributed by atoms with E-state index in [1.807, 2.05) is 18.4 Å². The summed E-state index contributed by atoms with van der Waals surface area (Å²) in [6.45, 7) is 2.91. The Morgan fingerprint density at radius 1 is 1.55 bits per heavy atom. The molecule has 0 bridgehead atoms. The van der Waals surface area contributed by atoms with E-state index < -0.39 is 0 Å². The van der Waals surface area contributed by atoms with Crippen molar-refractivity contribution in [2.24, 2.45) is 5.92 Å². The molecule has 1 atom stereocenters. The summed E-state index contributed by atoms with van der Waals surface area (Å²) in [6.07, 6.45) is 5.51. The first kappa shape index (κ1) is 15.7. The van der Waals surface area contributed by atoms with Gasteiger partial charge in [-0.3, -0.25) is 4.79 Å². The Morgan fingerprint density at radius 3 is 3.10 bits per heavy atom. The van der Waals surface area contributed by atoms with Gasteiger partial charge in [-0.25, -0.2) is 0 Å². The van der Waals surface area contributed by atoms with Gasteiger partial charge in [0.15, 0.2) is 0 Å². The summed E-state index contributed by atoms with van der Waals surface area (Å²) in [5.41, 5.74) is 0.570. The first-order chi connectivity index (χ1) is 9.70. The zero-order valence-corrected chi connectivity index (χ0v) is 13.3. The van der Waals surface area contributed by atoms with E-state index in [1.54, 1.807) is 17.8 Å². The summed E-state index contributed by atoms with van der Waals surface area (Å²) in [5, 5.41) is 6.88. The molecule has 1 aliphatic rings. The van der Waals surface area contributed by atoms with Crippen molar-refractivity contribution < 1.29 is 4.79 Å². The van der Waals surface area contributed by atoms with E-state index in [0.29, 0.717) is 23.0 Å². The quantitative estimate of drug-likeness (QED) is 0.821. The summed E-state index contributed by atoms with van der Waals surface area (Å²) in [4.78, 5) is 13.2. The van der Waals surface area contributed by atoms with Crippen molar-refractivity contribution in [2.75, 3.05) is 25.9 Å². The Labute approximate surface area is 129 Å². The molecule has 1 aromatic rings. The lowest BCUT2D eigenvalue weighted by Crippen LogP contribution is -2.33. The first-order valence-corrected chi connectivity index (χ1v) is 8.63. The minimum atomic E-state index is -0.0744. The van der Waals surface area contributed by atoms with Gasteiger partial charge in [-0.2, -0.15) is 0 Å². The van der Waals surface area contributed by atoms with Crippen molar-refractivity contribution in [3.05, 3.63) is 28.8 Å². The lowest BCUT2D eigenvalue weighted by atomic mass is 9.96. The van der Waals surface area contributed by atoms with Gasteiger partial charge in [0.1, 0.15) is 0 Å². The summed E-state index contributed by atoms with van der Waals surface area (Å²) >= 11 is 7.70. The highest BCUT2D eigenvalue weighted by Crippen LogP contribution is 2.23. The van der Waals surface area contributed by atoms with Crippen LogP contribution in [0.15, 0.2) is 23.1 Å². The molecule has 1 saturated heterocycles. The Hall–Kier alpha value is -0.710. The average molecular weight is 313 g/mol. The molecule has 0 aromatic heterocycles. The van der Waals surface area contributed by atoms with E-state index in [0.717, 1.165) is 24.4 Å². The highest BCUT2D eigenvalue weighted by Gasteiger charge is 2.14. The summed E-state index contributed by atoms with van der Waals surface area (Å²) < 4.78 is 0. The molecule has 1 heterocycles. The number of piperidine rings is 1. The largest absolute Gasteiger partial charge is 0.352 e. The second-order valence-corrected chi connectivity index (χ2v) is 6.39. The maximum absolute atomic E-state index is 12.2. The summed E-state index contributed by atoms with van der Waals surface area (Å²) in [7, 11) is 0. The van der Waals surface area contributed by atoms with E-state index in [1.165, 1.54) is 12.8 Å². The Kier molecular flexibility index (Phi) is 6.20. The number of benzene rings is 1. The van der Waals surface area contributed by atoms with Gasteiger partial charge in [0.25, 0.3) is 5.91 Å². The predicted octanol–water partition coefficient (Wildman–Crippen LogP) is 3.18. The maximum atomic E-state index is 12.2. The van der Waals surface area contributed by atoms with Crippen LogP contribution in [0.3, 0.4) is 0 Å². The molecule has 1 fully saturated rings. The standard InChI is InChI=1S/C15H21ClN2OS/c1-20-12-4-5-14(16)13(9-12)15(19)18-8-6-11-3-2-7-17-10-11/h4-5,9,11,17H,2-3,6-8,10H2,1H3,(H,18,19). The SMILES string of the molecule is CSc1ccc(Cl)c(C(=O)NCCC2CCCNC2)c1. The van der Waals surface area contributed by atoms with Crippen molar-refractivity contribution in [1.29, 1.82) is 0 Å². The van der Waals surface area contributed by atoms with Crippen LogP contribution in [0.1, 0.15) is 29.6 Å². The van der Waals surface area contributed by atoms with Crippen molar-refractivity contribution in [1.82, 2.24) is 10.6 Å². The lowest BCUT2D eigenvalue weighted by Gasteiger charge is -2.22. The lowest BCUT2D eigenvalue weighted by molar-refractivity contribution is 0.0950. The van der Waals surface area contributed by atoms with Crippen LogP contribution in [-0.2, 0) is 0 Å². The second kappa shape index (κ2) is 7.91. The smallest absolute Gasteiger partial charge is 0.252 e. The van der Waals surface area contributed by atoms with Gasteiger partial charge in [0, 0.05) is 11.4 Å². The summed E-state index contributed by atoms with van der Waals surface area (Å²) in [6, 6.07) is 5.56. The van der Waals surface area contributed by atoms with Crippen LogP contribution in [0.2, 0.25) is 5.02 Å². The highest BCUT2D eigenvalue weighted by atomic mass is 35.5. The molecular formula is C15H21ClN2OS. The minimum absolute atomic E-state index is 0.0744. The maximum Gasteiger partial charge on any atom is 0.252 e. The molecule has 20 heavy (non-hydrogen) atoms. The van der Waals surface area contributed by atoms with Crippen LogP contribution in [0.25, 0.3) is 0 Å². The predicted molar refractivity (Wildman–Crippen MR) is 85.8 cm³/mol. The minimum Gasteiger partial charge on any atom is -0.352 e. The number of carbonyl (C=O) groups excluding carboxylic acids is 1. The molecule has 2 rings (SSSR count). The molecule has 0 saturated carbocycles. The second-order valence-electron chi connectivity index (χ2n) is 5.10. The number of amides is 1. The molecule has 0 spiro atoms. The number of hydrogen-bond acceptors (Lipinski definition) is 3. The Bertz CT molecular complexity index is 461. The van der Waals surface area contributed by atoms with Crippen LogP contribution in [-0.4, -0.2) is 31.8 Å². The van der Waals surface area contributed by atoms with E-state index in [9.17, 15) is 4.79 Å². The molecule has 1 unspecified atom stereocenters. The molecule has 0 radical (unpaired) electrons. The van der Waals surface area contributed by atoms with Gasteiger partial charge < -0.3 is 10.6 Å². The molecule has 1 aromatic carbocycles. The van der Waals surface area contributed by atoms with Crippen molar-refractivity contribution in [3.63, 3.8) is 0 Å². The van der Waals surface area contributed by atoms with Gasteiger partial charge >= 0.3 is 0 Å². The fraction of sp³-hybridized carbons (Fsp3) is 0.533. The number of rotatable bonds is 5. The fourth-order valence-electron chi connectivity index (χ4n) is 2.46. The number of halogens is 1. The number of hydrogen-bond donors (Lipinski definition) is 2. The van der Waals surface area contributed by atoms with Gasteiger partial charge in [-0.15, -0.1) is 11.8 Å². The Morgan fingerprint density at radius 2 is 2.40 bits per heavy atom. The summed E-state index contributed by atoms with van der Waals surface area (Å²) in [5.74, 6) is 0.603. The van der Waals surface area contributed by atoms with Crippen LogP contribution in [0, 0.1) is 5.92 Å².